The molecule has 4 nitrogen and oxygen atoms in total. The Morgan fingerprint density at radius 3 is 3.14 bits per heavy atom. The van der Waals surface area contributed by atoms with Crippen LogP contribution in [0, 0.1) is 0 Å². The largest absolute Gasteiger partial charge is 0.348 e. The Morgan fingerprint density at radius 2 is 2.50 bits per heavy atom. The molecule has 2 N–H and O–H groups in total. The monoisotopic (exact) mass is 211 g/mol. The molecule has 1 heterocycles. The molecule has 0 aromatic carbocycles. The zero-order valence-corrected chi connectivity index (χ0v) is 8.64. The second kappa shape index (κ2) is 4.52. The number of hydrogen-bond donors (Lipinski definition) is 2. The SMILES string of the molecule is O=C(CNC1CC1)NCc1nccs1. The van der Waals surface area contributed by atoms with Gasteiger partial charge in [0.2, 0.25) is 5.91 Å². The third kappa shape index (κ3) is 3.08. The van der Waals surface area contributed by atoms with Crippen molar-refractivity contribution in [3.63, 3.8) is 0 Å². The quantitative estimate of drug-likeness (QED) is 0.746. The highest BCUT2D eigenvalue weighted by atomic mass is 32.1. The van der Waals surface area contributed by atoms with Gasteiger partial charge in [0.15, 0.2) is 0 Å². The summed E-state index contributed by atoms with van der Waals surface area (Å²) in [6.07, 6.45) is 4.16. The number of carbonyl (C=O) groups is 1. The predicted octanol–water partition coefficient (Wildman–Crippen LogP) is 0.511. The van der Waals surface area contributed by atoms with Gasteiger partial charge in [-0.05, 0) is 12.8 Å². The van der Waals surface area contributed by atoms with Gasteiger partial charge in [-0.2, -0.15) is 0 Å². The van der Waals surface area contributed by atoms with E-state index >= 15 is 0 Å². The summed E-state index contributed by atoms with van der Waals surface area (Å²) in [6, 6.07) is 0.584. The Bertz CT molecular complexity index is 295. The van der Waals surface area contributed by atoms with Crippen LogP contribution in [-0.2, 0) is 11.3 Å². The van der Waals surface area contributed by atoms with E-state index in [-0.39, 0.29) is 5.91 Å². The van der Waals surface area contributed by atoms with Crippen molar-refractivity contribution in [2.45, 2.75) is 25.4 Å². The van der Waals surface area contributed by atoms with Crippen molar-refractivity contribution in [3.8, 4) is 0 Å². The van der Waals surface area contributed by atoms with Crippen LogP contribution in [-0.4, -0.2) is 23.5 Å². The normalized spacial score (nSPS) is 15.4. The standard InChI is InChI=1S/C9H13N3OS/c13-8(5-11-7-1-2-7)12-6-9-10-3-4-14-9/h3-4,7,11H,1-2,5-6H2,(H,12,13). The van der Waals surface area contributed by atoms with Crippen LogP contribution in [0.3, 0.4) is 0 Å². The van der Waals surface area contributed by atoms with Gasteiger partial charge >= 0.3 is 0 Å². The van der Waals surface area contributed by atoms with E-state index in [1.165, 1.54) is 12.8 Å². The zero-order chi connectivity index (χ0) is 9.80. The minimum absolute atomic E-state index is 0.0482. The van der Waals surface area contributed by atoms with Gasteiger partial charge in [0.05, 0.1) is 13.1 Å². The maximum absolute atomic E-state index is 11.3. The molecule has 0 atom stereocenters. The van der Waals surface area contributed by atoms with Crippen molar-refractivity contribution in [2.75, 3.05) is 6.54 Å². The molecule has 1 fully saturated rings. The highest BCUT2D eigenvalue weighted by Gasteiger charge is 2.20. The molecule has 76 valence electrons. The Balaban J connectivity index is 1.62. The topological polar surface area (TPSA) is 54.0 Å². The van der Waals surface area contributed by atoms with Gasteiger partial charge in [-0.1, -0.05) is 0 Å². The first-order valence-electron chi connectivity index (χ1n) is 4.73. The van der Waals surface area contributed by atoms with Crippen molar-refractivity contribution < 1.29 is 4.79 Å². The minimum atomic E-state index is 0.0482. The third-order valence-corrected chi connectivity index (χ3v) is 2.83. The van der Waals surface area contributed by atoms with Crippen LogP contribution in [0.1, 0.15) is 17.8 Å². The van der Waals surface area contributed by atoms with E-state index in [1.54, 1.807) is 17.5 Å². The molecule has 5 heteroatoms. The molecule has 1 aliphatic carbocycles. The number of amides is 1. The summed E-state index contributed by atoms with van der Waals surface area (Å²) in [4.78, 5) is 15.4. The van der Waals surface area contributed by atoms with Gasteiger partial charge in [0, 0.05) is 17.6 Å². The summed E-state index contributed by atoms with van der Waals surface area (Å²) >= 11 is 1.56. The fourth-order valence-electron chi connectivity index (χ4n) is 1.10. The second-order valence-corrected chi connectivity index (χ2v) is 4.34. The first-order valence-corrected chi connectivity index (χ1v) is 5.61. The molecule has 0 unspecified atom stereocenters. The Kier molecular flexibility index (Phi) is 3.10. The fraction of sp³-hybridized carbons (Fsp3) is 0.556. The maximum Gasteiger partial charge on any atom is 0.234 e. The van der Waals surface area contributed by atoms with Gasteiger partial charge in [0.25, 0.3) is 0 Å². The molecule has 0 aliphatic heterocycles. The Morgan fingerprint density at radius 1 is 1.64 bits per heavy atom. The lowest BCUT2D eigenvalue weighted by Gasteiger charge is -2.03. The van der Waals surface area contributed by atoms with E-state index in [9.17, 15) is 4.79 Å². The number of nitrogens with one attached hydrogen (secondary N) is 2. The zero-order valence-electron chi connectivity index (χ0n) is 7.82. The van der Waals surface area contributed by atoms with Crippen LogP contribution in [0.5, 0.6) is 0 Å². The van der Waals surface area contributed by atoms with Gasteiger partial charge in [-0.25, -0.2) is 4.98 Å². The minimum Gasteiger partial charge on any atom is -0.348 e. The van der Waals surface area contributed by atoms with E-state index in [1.807, 2.05) is 5.38 Å². The van der Waals surface area contributed by atoms with E-state index in [0.29, 0.717) is 19.1 Å². The van der Waals surface area contributed by atoms with Crippen LogP contribution in [0.25, 0.3) is 0 Å². The van der Waals surface area contributed by atoms with Crippen LogP contribution in [0.2, 0.25) is 0 Å². The summed E-state index contributed by atoms with van der Waals surface area (Å²) < 4.78 is 0. The molecule has 1 aromatic heterocycles. The molecule has 2 rings (SSSR count). The fourth-order valence-corrected chi connectivity index (χ4v) is 1.66. The lowest BCUT2D eigenvalue weighted by Crippen LogP contribution is -2.34. The first kappa shape index (κ1) is 9.61. The van der Waals surface area contributed by atoms with E-state index in [0.717, 1.165) is 5.01 Å². The van der Waals surface area contributed by atoms with Gasteiger partial charge < -0.3 is 10.6 Å². The molecular formula is C9H13N3OS. The molecule has 1 aromatic rings. The average Bonchev–Trinajstić information content (AvgIpc) is 2.87. The van der Waals surface area contributed by atoms with E-state index in [4.69, 9.17) is 0 Å². The van der Waals surface area contributed by atoms with Gasteiger partial charge in [0.1, 0.15) is 5.01 Å². The highest BCUT2D eigenvalue weighted by Crippen LogP contribution is 2.17. The number of aromatic nitrogens is 1. The first-order chi connectivity index (χ1) is 6.84. The molecule has 14 heavy (non-hydrogen) atoms. The summed E-state index contributed by atoms with van der Waals surface area (Å²) in [5.74, 6) is 0.0482. The van der Waals surface area contributed by atoms with Gasteiger partial charge in [-0.3, -0.25) is 4.79 Å². The Hall–Kier alpha value is -0.940. The molecule has 0 spiro atoms. The number of nitrogens with zero attached hydrogens (tertiary/aromatic N) is 1. The number of carbonyl (C=O) groups excluding carboxylic acids is 1. The molecule has 1 amide bonds. The average molecular weight is 211 g/mol. The lowest BCUT2D eigenvalue weighted by molar-refractivity contribution is -0.120. The van der Waals surface area contributed by atoms with Crippen LogP contribution in [0.15, 0.2) is 11.6 Å². The van der Waals surface area contributed by atoms with Crippen molar-refractivity contribution in [2.24, 2.45) is 0 Å². The smallest absolute Gasteiger partial charge is 0.234 e. The van der Waals surface area contributed by atoms with Crippen molar-refractivity contribution in [1.82, 2.24) is 15.6 Å². The highest BCUT2D eigenvalue weighted by molar-refractivity contribution is 7.09. The van der Waals surface area contributed by atoms with Crippen LogP contribution < -0.4 is 10.6 Å². The lowest BCUT2D eigenvalue weighted by atomic mass is 10.5. The molecule has 0 bridgehead atoms. The van der Waals surface area contributed by atoms with E-state index < -0.39 is 0 Å². The molecule has 1 saturated carbocycles. The van der Waals surface area contributed by atoms with Crippen LogP contribution in [0.4, 0.5) is 0 Å². The van der Waals surface area contributed by atoms with Gasteiger partial charge in [-0.15, -0.1) is 11.3 Å². The third-order valence-electron chi connectivity index (χ3n) is 2.05. The maximum atomic E-state index is 11.3. The summed E-state index contributed by atoms with van der Waals surface area (Å²) in [5, 5.41) is 8.83. The molecule has 1 aliphatic rings. The molecular weight excluding hydrogens is 198 g/mol. The second-order valence-electron chi connectivity index (χ2n) is 3.36. The van der Waals surface area contributed by atoms with Crippen molar-refractivity contribution >= 4 is 17.2 Å². The van der Waals surface area contributed by atoms with Crippen molar-refractivity contribution in [1.29, 1.82) is 0 Å². The van der Waals surface area contributed by atoms with E-state index in [2.05, 4.69) is 15.6 Å². The van der Waals surface area contributed by atoms with Crippen molar-refractivity contribution in [3.05, 3.63) is 16.6 Å². The number of rotatable bonds is 5. The molecule has 0 radical (unpaired) electrons. The summed E-state index contributed by atoms with van der Waals surface area (Å²) in [7, 11) is 0. The summed E-state index contributed by atoms with van der Waals surface area (Å²) in [6.45, 7) is 0.971. The Labute approximate surface area is 86.7 Å². The molecule has 0 saturated heterocycles. The predicted molar refractivity (Wildman–Crippen MR) is 55.0 cm³/mol. The number of thiazole rings is 1. The van der Waals surface area contributed by atoms with Crippen LogP contribution >= 0.6 is 11.3 Å². The number of hydrogen-bond acceptors (Lipinski definition) is 4. The summed E-state index contributed by atoms with van der Waals surface area (Å²) in [5.41, 5.74) is 0.